The predicted octanol–water partition coefficient (Wildman–Crippen LogP) is 3.74. The number of hydrogen-bond acceptors (Lipinski definition) is 4. The average molecular weight is 519 g/mol. The van der Waals surface area contributed by atoms with Crippen molar-refractivity contribution in [3.05, 3.63) is 65.4 Å². The molecule has 7 nitrogen and oxygen atoms in total. The molecule has 37 heavy (non-hydrogen) atoms. The van der Waals surface area contributed by atoms with Gasteiger partial charge in [-0.05, 0) is 54.7 Å². The van der Waals surface area contributed by atoms with E-state index in [1.54, 1.807) is 26.0 Å². The molecule has 5 N–H and O–H groups in total. The van der Waals surface area contributed by atoms with Gasteiger partial charge in [-0.15, -0.1) is 0 Å². The van der Waals surface area contributed by atoms with Gasteiger partial charge in [0.1, 0.15) is 11.8 Å². The lowest BCUT2D eigenvalue weighted by Gasteiger charge is -2.26. The topological polar surface area (TPSA) is 106 Å². The number of H-pyrrole nitrogens is 1. The lowest BCUT2D eigenvalue weighted by Crippen LogP contribution is -2.56. The molecule has 3 aromatic rings. The Morgan fingerprint density at radius 2 is 1.76 bits per heavy atom. The van der Waals surface area contributed by atoms with Crippen LogP contribution < -0.4 is 16.0 Å². The molecule has 2 atom stereocenters. The molecule has 1 heterocycles. The Bertz CT molecular complexity index is 1210. The minimum atomic E-state index is -4.48. The van der Waals surface area contributed by atoms with E-state index in [0.29, 0.717) is 18.5 Å². The first-order valence-corrected chi connectivity index (χ1v) is 12.2. The number of fused-ring (bicyclic) bond motifs is 1. The van der Waals surface area contributed by atoms with Crippen LogP contribution in [0.1, 0.15) is 30.5 Å². The summed E-state index contributed by atoms with van der Waals surface area (Å²) >= 11 is 0. The zero-order chi connectivity index (χ0) is 27.2. The molecule has 2 unspecified atom stereocenters. The molecule has 200 valence electrons. The number of hydrogen-bond donors (Lipinski definition) is 5. The van der Waals surface area contributed by atoms with E-state index < -0.39 is 42.5 Å². The Morgan fingerprint density at radius 3 is 2.41 bits per heavy atom. The molecular formula is C27H33F3N4O3. The number of alkyl halides is 3. The van der Waals surface area contributed by atoms with Gasteiger partial charge in [0.2, 0.25) is 11.8 Å². The normalized spacial score (nSPS) is 13.5. The number of nitrogens with one attached hydrogen (secondary N) is 4. The van der Waals surface area contributed by atoms with E-state index in [4.69, 9.17) is 0 Å². The second-order valence-corrected chi connectivity index (χ2v) is 9.55. The molecule has 1 aromatic heterocycles. The molecule has 0 aliphatic carbocycles. The molecule has 0 saturated heterocycles. The summed E-state index contributed by atoms with van der Waals surface area (Å²) in [7, 11) is 0. The smallest absolute Gasteiger partial charge is 0.401 e. The molecule has 0 fully saturated rings. The molecule has 10 heteroatoms. The second-order valence-electron chi connectivity index (χ2n) is 9.55. The highest BCUT2D eigenvalue weighted by molar-refractivity contribution is 5.90. The third-order valence-corrected chi connectivity index (χ3v) is 6.10. The van der Waals surface area contributed by atoms with Crippen molar-refractivity contribution in [1.82, 2.24) is 20.9 Å². The van der Waals surface area contributed by atoms with Gasteiger partial charge in [0.15, 0.2) is 0 Å². The van der Waals surface area contributed by atoms with Gasteiger partial charge in [0.25, 0.3) is 0 Å². The van der Waals surface area contributed by atoms with Gasteiger partial charge in [0, 0.05) is 30.1 Å². The maximum absolute atomic E-state index is 13.1. The van der Waals surface area contributed by atoms with Crippen molar-refractivity contribution in [2.75, 3.05) is 13.1 Å². The number of amides is 2. The van der Waals surface area contributed by atoms with Crippen molar-refractivity contribution in [2.45, 2.75) is 51.9 Å². The lowest BCUT2D eigenvalue weighted by molar-refractivity contribution is -0.136. The number of aromatic nitrogens is 1. The van der Waals surface area contributed by atoms with Crippen LogP contribution in [0.2, 0.25) is 0 Å². The van der Waals surface area contributed by atoms with Gasteiger partial charge >= 0.3 is 6.18 Å². The number of aromatic amines is 1. The van der Waals surface area contributed by atoms with Gasteiger partial charge < -0.3 is 20.7 Å². The zero-order valence-corrected chi connectivity index (χ0v) is 21.1. The minimum Gasteiger partial charge on any atom is -0.508 e. The molecule has 2 amide bonds. The van der Waals surface area contributed by atoms with E-state index in [1.807, 2.05) is 25.3 Å². The molecule has 2 aromatic carbocycles. The third-order valence-electron chi connectivity index (χ3n) is 6.10. The van der Waals surface area contributed by atoms with Gasteiger partial charge in [0.05, 0.1) is 12.6 Å². The van der Waals surface area contributed by atoms with Crippen molar-refractivity contribution in [3.63, 3.8) is 0 Å². The summed E-state index contributed by atoms with van der Waals surface area (Å²) in [5, 5.41) is 18.3. The highest BCUT2D eigenvalue weighted by Gasteiger charge is 2.33. The SMILES string of the molecule is Cc1ccc2[nH]cc(CCNC(=O)C(Cc3ccc(O)cc3)NC(=O)C(NCC(F)(F)F)C(C)C)c2c1. The maximum atomic E-state index is 13.1. The van der Waals surface area contributed by atoms with Gasteiger partial charge in [-0.3, -0.25) is 14.9 Å². The minimum absolute atomic E-state index is 0.0546. The summed E-state index contributed by atoms with van der Waals surface area (Å²) in [6.07, 6.45) is -1.92. The molecule has 0 spiro atoms. The number of phenols is 1. The predicted molar refractivity (Wildman–Crippen MR) is 136 cm³/mol. The van der Waals surface area contributed by atoms with Crippen molar-refractivity contribution in [2.24, 2.45) is 5.92 Å². The Balaban J connectivity index is 1.70. The highest BCUT2D eigenvalue weighted by Crippen LogP contribution is 2.20. The van der Waals surface area contributed by atoms with Gasteiger partial charge in [-0.1, -0.05) is 37.6 Å². The van der Waals surface area contributed by atoms with Crippen LogP contribution in [0, 0.1) is 12.8 Å². The second kappa shape index (κ2) is 12.1. The van der Waals surface area contributed by atoms with Crippen molar-refractivity contribution >= 4 is 22.7 Å². The van der Waals surface area contributed by atoms with Crippen LogP contribution >= 0.6 is 0 Å². The molecule has 0 saturated carbocycles. The Labute approximate surface area is 213 Å². The van der Waals surface area contributed by atoms with Crippen LogP contribution in [0.3, 0.4) is 0 Å². The largest absolute Gasteiger partial charge is 0.508 e. The first kappa shape index (κ1) is 28.0. The van der Waals surface area contributed by atoms with E-state index in [9.17, 15) is 27.9 Å². The molecule has 3 rings (SSSR count). The third kappa shape index (κ3) is 8.24. The number of aromatic hydroxyl groups is 1. The number of benzene rings is 2. The molecule has 0 aliphatic rings. The zero-order valence-electron chi connectivity index (χ0n) is 21.1. The summed E-state index contributed by atoms with van der Waals surface area (Å²) < 4.78 is 38.2. The van der Waals surface area contributed by atoms with Crippen LogP contribution in [0.5, 0.6) is 5.75 Å². The maximum Gasteiger partial charge on any atom is 0.401 e. The fourth-order valence-electron chi connectivity index (χ4n) is 4.14. The molecule has 0 aliphatic heterocycles. The fourth-order valence-corrected chi connectivity index (χ4v) is 4.14. The first-order valence-electron chi connectivity index (χ1n) is 12.2. The van der Waals surface area contributed by atoms with Crippen molar-refractivity contribution in [1.29, 1.82) is 0 Å². The van der Waals surface area contributed by atoms with Crippen LogP contribution in [-0.4, -0.2) is 53.3 Å². The van der Waals surface area contributed by atoms with Crippen molar-refractivity contribution < 1.29 is 27.9 Å². The number of aryl methyl sites for hydroxylation is 1. The standard InChI is InChI=1S/C27H33F3N4O3/c1-16(2)24(33-15-27(28,29)30)26(37)34-23(13-18-5-7-20(35)8-6-18)25(36)31-11-10-19-14-32-22-9-4-17(3)12-21(19)22/h4-9,12,14,16,23-24,32-33,35H,10-11,13,15H2,1-3H3,(H,31,36)(H,34,37). The summed E-state index contributed by atoms with van der Waals surface area (Å²) in [6.45, 7) is 4.25. The summed E-state index contributed by atoms with van der Waals surface area (Å²) in [5.41, 5.74) is 3.83. The highest BCUT2D eigenvalue weighted by atomic mass is 19.4. The number of halogens is 3. The monoisotopic (exact) mass is 518 g/mol. The molecular weight excluding hydrogens is 485 g/mol. The summed E-state index contributed by atoms with van der Waals surface area (Å²) in [4.78, 5) is 29.3. The average Bonchev–Trinajstić information content (AvgIpc) is 3.21. The fraction of sp³-hybridized carbons (Fsp3) is 0.407. The number of rotatable bonds is 11. The Morgan fingerprint density at radius 1 is 1.05 bits per heavy atom. The quantitative estimate of drug-likeness (QED) is 0.267. The van der Waals surface area contributed by atoms with Crippen LogP contribution in [0.4, 0.5) is 13.2 Å². The van der Waals surface area contributed by atoms with E-state index in [1.165, 1.54) is 12.1 Å². The summed E-state index contributed by atoms with van der Waals surface area (Å²) in [5.74, 6) is -1.52. The number of phenolic OH excluding ortho intramolecular Hbond substituents is 1. The lowest BCUT2D eigenvalue weighted by atomic mass is 10.0. The van der Waals surface area contributed by atoms with E-state index >= 15 is 0 Å². The Kier molecular flexibility index (Phi) is 9.20. The van der Waals surface area contributed by atoms with Crippen LogP contribution in [0.25, 0.3) is 10.9 Å². The van der Waals surface area contributed by atoms with Crippen LogP contribution in [0.15, 0.2) is 48.7 Å². The van der Waals surface area contributed by atoms with E-state index in [2.05, 4.69) is 27.0 Å². The van der Waals surface area contributed by atoms with Crippen molar-refractivity contribution in [3.8, 4) is 5.75 Å². The number of carbonyl (C=O) groups excluding carboxylic acids is 2. The number of carbonyl (C=O) groups is 2. The first-order chi connectivity index (χ1) is 17.4. The van der Waals surface area contributed by atoms with Gasteiger partial charge in [-0.2, -0.15) is 13.2 Å². The molecule has 0 radical (unpaired) electrons. The summed E-state index contributed by atoms with van der Waals surface area (Å²) in [6, 6.07) is 10.1. The van der Waals surface area contributed by atoms with Gasteiger partial charge in [-0.25, -0.2) is 0 Å². The van der Waals surface area contributed by atoms with E-state index in [-0.39, 0.29) is 12.2 Å². The Hall–Kier alpha value is -3.53. The van der Waals surface area contributed by atoms with Crippen LogP contribution in [-0.2, 0) is 22.4 Å². The van der Waals surface area contributed by atoms with E-state index in [0.717, 1.165) is 22.0 Å². The molecule has 0 bridgehead atoms.